The second-order valence-electron chi connectivity index (χ2n) is 12.7. The first-order valence-corrected chi connectivity index (χ1v) is 11.9. The molecular formula is C25H44NO2+. The Morgan fingerprint density at radius 1 is 1.00 bits per heavy atom. The zero-order chi connectivity index (χ0) is 20.6. The van der Waals surface area contributed by atoms with Crippen molar-refractivity contribution in [3.05, 3.63) is 0 Å². The van der Waals surface area contributed by atoms with Crippen LogP contribution in [0.1, 0.15) is 72.6 Å². The molecule has 0 saturated heterocycles. The van der Waals surface area contributed by atoms with E-state index < -0.39 is 0 Å². The minimum Gasteiger partial charge on any atom is -0.387 e. The van der Waals surface area contributed by atoms with Gasteiger partial charge in [-0.1, -0.05) is 20.8 Å². The van der Waals surface area contributed by atoms with Crippen molar-refractivity contribution in [2.45, 2.75) is 84.8 Å². The maximum atomic E-state index is 12.5. The Kier molecular flexibility index (Phi) is 4.87. The highest BCUT2D eigenvalue weighted by Gasteiger charge is 2.63. The highest BCUT2D eigenvalue weighted by Crippen LogP contribution is 2.68. The first kappa shape index (κ1) is 20.8. The molecule has 4 fully saturated rings. The average molecular weight is 391 g/mol. The molecule has 0 heterocycles. The van der Waals surface area contributed by atoms with E-state index in [4.69, 9.17) is 0 Å². The van der Waals surface area contributed by atoms with Crippen molar-refractivity contribution in [3.63, 3.8) is 0 Å². The van der Waals surface area contributed by atoms with E-state index in [1.165, 1.54) is 38.5 Å². The lowest BCUT2D eigenvalue weighted by Crippen LogP contribution is -2.62. The number of aliphatic hydroxyl groups is 1. The van der Waals surface area contributed by atoms with Gasteiger partial charge in [0, 0.05) is 12.3 Å². The van der Waals surface area contributed by atoms with Gasteiger partial charge in [-0.25, -0.2) is 0 Å². The fourth-order valence-electron chi connectivity index (χ4n) is 9.29. The molecule has 10 unspecified atom stereocenters. The minimum absolute atomic E-state index is 0.155. The standard InChI is InChI=1S/C25H44NO2/c1-15-12-20-18-9-8-17-13-22(28)21(26(5,6)7)14-25(17,4)19(18)10-11-24(20,3)23(15)16(2)27/h15,17-23,28H,8-14H2,1-7H3/q+1. The molecule has 1 N–H and O–H groups in total. The van der Waals surface area contributed by atoms with Gasteiger partial charge in [0.15, 0.2) is 0 Å². The van der Waals surface area contributed by atoms with Gasteiger partial charge in [-0.05, 0) is 85.9 Å². The van der Waals surface area contributed by atoms with Gasteiger partial charge in [-0.2, -0.15) is 0 Å². The van der Waals surface area contributed by atoms with Crippen LogP contribution in [0, 0.1) is 46.3 Å². The van der Waals surface area contributed by atoms with Crippen molar-refractivity contribution >= 4 is 5.78 Å². The smallest absolute Gasteiger partial charge is 0.133 e. The van der Waals surface area contributed by atoms with Crippen molar-refractivity contribution in [2.75, 3.05) is 21.1 Å². The molecule has 0 radical (unpaired) electrons. The SMILES string of the molecule is CC(=O)C1C(C)CC2C3CCC4CC(O)C([N+](C)(C)C)CC4(C)C3CCC21C. The predicted octanol–water partition coefficient (Wildman–Crippen LogP) is 4.53. The fraction of sp³-hybridized carbons (Fsp3) is 0.960. The Morgan fingerprint density at radius 2 is 1.68 bits per heavy atom. The van der Waals surface area contributed by atoms with Crippen LogP contribution in [-0.2, 0) is 4.79 Å². The normalized spacial score (nSPS) is 53.9. The van der Waals surface area contributed by atoms with Gasteiger partial charge in [0.25, 0.3) is 0 Å². The second kappa shape index (κ2) is 6.54. The largest absolute Gasteiger partial charge is 0.387 e. The average Bonchev–Trinajstić information content (AvgIpc) is 2.84. The second-order valence-corrected chi connectivity index (χ2v) is 12.7. The van der Waals surface area contributed by atoms with Crippen molar-refractivity contribution in [1.29, 1.82) is 0 Å². The molecule has 3 heteroatoms. The molecule has 10 atom stereocenters. The molecule has 4 aliphatic carbocycles. The number of fused-ring (bicyclic) bond motifs is 5. The summed E-state index contributed by atoms with van der Waals surface area (Å²) in [5, 5.41) is 10.9. The number of aliphatic hydroxyl groups excluding tert-OH is 1. The summed E-state index contributed by atoms with van der Waals surface area (Å²) < 4.78 is 0.867. The van der Waals surface area contributed by atoms with E-state index in [2.05, 4.69) is 41.9 Å². The van der Waals surface area contributed by atoms with Gasteiger partial charge < -0.3 is 9.59 Å². The number of hydrogen-bond acceptors (Lipinski definition) is 2. The Bertz CT molecular complexity index is 639. The molecule has 4 rings (SSSR count). The molecule has 0 spiro atoms. The summed E-state index contributed by atoms with van der Waals surface area (Å²) in [5.41, 5.74) is 0.584. The Labute approximate surface area is 172 Å². The fourth-order valence-corrected chi connectivity index (χ4v) is 9.29. The van der Waals surface area contributed by atoms with Crippen LogP contribution in [-0.4, -0.2) is 48.7 Å². The molecule has 0 bridgehead atoms. The van der Waals surface area contributed by atoms with E-state index in [0.717, 1.165) is 28.7 Å². The van der Waals surface area contributed by atoms with Gasteiger partial charge >= 0.3 is 0 Å². The summed E-state index contributed by atoms with van der Waals surface area (Å²) in [6.07, 6.45) is 8.39. The first-order valence-electron chi connectivity index (χ1n) is 11.9. The van der Waals surface area contributed by atoms with E-state index in [1.54, 1.807) is 0 Å². The van der Waals surface area contributed by atoms with E-state index in [9.17, 15) is 9.90 Å². The minimum atomic E-state index is -0.155. The number of hydrogen-bond donors (Lipinski definition) is 1. The van der Waals surface area contributed by atoms with E-state index in [-0.39, 0.29) is 17.4 Å². The maximum Gasteiger partial charge on any atom is 0.133 e. The number of quaternary nitrogens is 1. The third-order valence-corrected chi connectivity index (χ3v) is 10.5. The van der Waals surface area contributed by atoms with Crippen LogP contribution in [0.2, 0.25) is 0 Å². The molecule has 0 aromatic carbocycles. The van der Waals surface area contributed by atoms with Crippen LogP contribution in [0.25, 0.3) is 0 Å². The number of Topliss-reactive ketones (excluding diaryl/α,β-unsaturated/α-hetero) is 1. The molecule has 0 aromatic heterocycles. The number of ketones is 1. The van der Waals surface area contributed by atoms with Gasteiger partial charge in [-0.15, -0.1) is 0 Å². The molecule has 0 aromatic rings. The lowest BCUT2D eigenvalue weighted by molar-refractivity contribution is -0.902. The van der Waals surface area contributed by atoms with E-state index >= 15 is 0 Å². The van der Waals surface area contributed by atoms with Gasteiger partial charge in [-0.3, -0.25) is 4.79 Å². The first-order chi connectivity index (χ1) is 12.9. The zero-order valence-corrected chi connectivity index (χ0v) is 19.4. The summed E-state index contributed by atoms with van der Waals surface area (Å²) >= 11 is 0. The quantitative estimate of drug-likeness (QED) is 0.704. The molecule has 4 saturated carbocycles. The summed E-state index contributed by atoms with van der Waals surface area (Å²) in [6, 6.07) is 0.348. The van der Waals surface area contributed by atoms with Crippen LogP contribution in [0.5, 0.6) is 0 Å². The molecule has 160 valence electrons. The van der Waals surface area contributed by atoms with Crippen LogP contribution in [0.4, 0.5) is 0 Å². The maximum absolute atomic E-state index is 12.5. The molecule has 0 amide bonds. The third-order valence-electron chi connectivity index (χ3n) is 10.5. The van der Waals surface area contributed by atoms with Gasteiger partial charge in [0.1, 0.15) is 17.9 Å². The predicted molar refractivity (Wildman–Crippen MR) is 114 cm³/mol. The summed E-state index contributed by atoms with van der Waals surface area (Å²) in [7, 11) is 6.77. The summed E-state index contributed by atoms with van der Waals surface area (Å²) in [6.45, 7) is 9.21. The molecule has 0 aliphatic heterocycles. The van der Waals surface area contributed by atoms with Gasteiger partial charge in [0.2, 0.25) is 0 Å². The topological polar surface area (TPSA) is 37.3 Å². The number of rotatable bonds is 2. The van der Waals surface area contributed by atoms with Crippen LogP contribution in [0.15, 0.2) is 0 Å². The summed E-state index contributed by atoms with van der Waals surface area (Å²) in [4.78, 5) is 12.5. The number of carbonyl (C=O) groups excluding carboxylic acids is 1. The third kappa shape index (κ3) is 2.86. The van der Waals surface area contributed by atoms with Crippen LogP contribution in [0.3, 0.4) is 0 Å². The van der Waals surface area contributed by atoms with E-state index in [0.29, 0.717) is 29.1 Å². The molecule has 28 heavy (non-hydrogen) atoms. The van der Waals surface area contributed by atoms with Crippen molar-refractivity contribution in [1.82, 2.24) is 0 Å². The number of carbonyl (C=O) groups is 1. The van der Waals surface area contributed by atoms with Crippen LogP contribution < -0.4 is 0 Å². The Balaban J connectivity index is 1.65. The van der Waals surface area contributed by atoms with Crippen molar-refractivity contribution in [3.8, 4) is 0 Å². The van der Waals surface area contributed by atoms with E-state index in [1.807, 2.05) is 6.92 Å². The zero-order valence-electron chi connectivity index (χ0n) is 19.4. The van der Waals surface area contributed by atoms with Crippen LogP contribution >= 0.6 is 0 Å². The Hall–Kier alpha value is -0.410. The highest BCUT2D eigenvalue weighted by atomic mass is 16.3. The number of likely N-dealkylation sites (N-methyl/N-ethyl adjacent to an activating group) is 1. The summed E-state index contributed by atoms with van der Waals surface area (Å²) in [5.74, 6) is 4.22. The monoisotopic (exact) mass is 390 g/mol. The van der Waals surface area contributed by atoms with Crippen molar-refractivity contribution < 1.29 is 14.4 Å². The Morgan fingerprint density at radius 3 is 2.29 bits per heavy atom. The van der Waals surface area contributed by atoms with Crippen molar-refractivity contribution in [2.24, 2.45) is 46.3 Å². The lowest BCUT2D eigenvalue weighted by atomic mass is 9.44. The molecular weight excluding hydrogens is 346 g/mol. The van der Waals surface area contributed by atoms with Gasteiger partial charge in [0.05, 0.1) is 21.1 Å². The highest BCUT2D eigenvalue weighted by molar-refractivity contribution is 5.80. The number of nitrogens with zero attached hydrogens (tertiary/aromatic N) is 1. The molecule has 3 nitrogen and oxygen atoms in total. The lowest BCUT2D eigenvalue weighted by Gasteiger charge is -2.62. The molecule has 4 aliphatic rings.